The van der Waals surface area contributed by atoms with Crippen LogP contribution in [0.15, 0.2) is 119 Å². The standard InChI is InChI=1S/C44H34O4S/c45-43(35-11-15-39-29-3-5-31(19-29)41(39)23-35)33-7-1-27-21-37(13-9-25(27)17-33)49(47,48)38-14-10-26-18-34(8-2-28(26)22-38)44(46)36-12-16-40-30-4-6-32(20-30)42(40)24-36/h1-2,7-18,21-24,29-32H,3-6,19-20H2. The number of carbonyl (C=O) groups excluding carboxylic acids is 2. The van der Waals surface area contributed by atoms with Gasteiger partial charge in [0.05, 0.1) is 9.79 Å². The minimum atomic E-state index is -3.81. The van der Waals surface area contributed by atoms with Gasteiger partial charge in [-0.25, -0.2) is 8.42 Å². The molecule has 2 saturated carbocycles. The Bertz CT molecular complexity index is 2370. The highest BCUT2D eigenvalue weighted by atomic mass is 32.2. The molecule has 10 rings (SSSR count). The first-order chi connectivity index (χ1) is 23.8. The smallest absolute Gasteiger partial charge is 0.206 e. The van der Waals surface area contributed by atoms with Crippen molar-refractivity contribution in [2.24, 2.45) is 0 Å². The van der Waals surface area contributed by atoms with E-state index in [-0.39, 0.29) is 21.4 Å². The zero-order chi connectivity index (χ0) is 33.0. The summed E-state index contributed by atoms with van der Waals surface area (Å²) in [6.45, 7) is 0. The van der Waals surface area contributed by atoms with E-state index in [0.717, 1.165) is 21.5 Å². The molecule has 0 N–H and O–H groups in total. The van der Waals surface area contributed by atoms with Crippen molar-refractivity contribution in [2.75, 3.05) is 0 Å². The molecule has 4 atom stereocenters. The van der Waals surface area contributed by atoms with Crippen molar-refractivity contribution in [1.29, 1.82) is 0 Å². The van der Waals surface area contributed by atoms with Crippen LogP contribution < -0.4 is 0 Å². The highest BCUT2D eigenvalue weighted by Gasteiger charge is 2.38. The van der Waals surface area contributed by atoms with Crippen LogP contribution >= 0.6 is 0 Å². The summed E-state index contributed by atoms with van der Waals surface area (Å²) >= 11 is 0. The number of sulfone groups is 1. The van der Waals surface area contributed by atoms with Crippen molar-refractivity contribution in [2.45, 2.75) is 72.0 Å². The number of hydrogen-bond acceptors (Lipinski definition) is 4. The van der Waals surface area contributed by atoms with Crippen molar-refractivity contribution in [1.82, 2.24) is 0 Å². The van der Waals surface area contributed by atoms with Gasteiger partial charge in [0.1, 0.15) is 0 Å². The van der Waals surface area contributed by atoms with Crippen LogP contribution in [0.25, 0.3) is 21.5 Å². The topological polar surface area (TPSA) is 68.3 Å². The van der Waals surface area contributed by atoms with E-state index in [4.69, 9.17) is 0 Å². The Kier molecular flexibility index (Phi) is 6.27. The molecule has 0 aliphatic heterocycles. The quantitative estimate of drug-likeness (QED) is 0.167. The summed E-state index contributed by atoms with van der Waals surface area (Å²) in [5.41, 5.74) is 8.16. The fourth-order valence-corrected chi connectivity index (χ4v) is 10.8. The molecular formula is C44H34O4S. The summed E-state index contributed by atoms with van der Waals surface area (Å²) in [4.78, 5) is 27.4. The molecule has 0 aromatic heterocycles. The lowest BCUT2D eigenvalue weighted by Gasteiger charge is -2.16. The molecule has 6 aromatic rings. The summed E-state index contributed by atoms with van der Waals surface area (Å²) in [6, 6.07) is 33.5. The van der Waals surface area contributed by atoms with Gasteiger partial charge < -0.3 is 0 Å². The number of fused-ring (bicyclic) bond motifs is 12. The first-order valence-corrected chi connectivity index (χ1v) is 19.0. The number of rotatable bonds is 6. The molecule has 0 radical (unpaired) electrons. The van der Waals surface area contributed by atoms with Gasteiger partial charge in [-0.2, -0.15) is 0 Å². The Morgan fingerprint density at radius 1 is 0.408 bits per heavy atom. The third-order valence-electron chi connectivity index (χ3n) is 12.1. The van der Waals surface area contributed by atoms with Crippen LogP contribution in [0.2, 0.25) is 0 Å². The molecule has 6 aromatic carbocycles. The predicted molar refractivity (Wildman–Crippen MR) is 192 cm³/mol. The maximum Gasteiger partial charge on any atom is 0.206 e. The van der Waals surface area contributed by atoms with Gasteiger partial charge in [-0.1, -0.05) is 60.7 Å². The van der Waals surface area contributed by atoms with E-state index >= 15 is 0 Å². The molecule has 0 spiro atoms. The van der Waals surface area contributed by atoms with Crippen LogP contribution in [0.3, 0.4) is 0 Å². The van der Waals surface area contributed by atoms with Crippen molar-refractivity contribution in [3.63, 3.8) is 0 Å². The van der Waals surface area contributed by atoms with Crippen molar-refractivity contribution in [3.8, 4) is 0 Å². The lowest BCUT2D eigenvalue weighted by molar-refractivity contribution is 0.103. The fourth-order valence-electron chi connectivity index (χ4n) is 9.51. The molecular weight excluding hydrogens is 625 g/mol. The first-order valence-electron chi connectivity index (χ1n) is 17.5. The van der Waals surface area contributed by atoms with Crippen molar-refractivity contribution >= 4 is 42.9 Å². The van der Waals surface area contributed by atoms with Crippen LogP contribution in [-0.4, -0.2) is 20.0 Å². The summed E-state index contributed by atoms with van der Waals surface area (Å²) in [7, 11) is -3.81. The Morgan fingerprint density at radius 2 is 0.755 bits per heavy atom. The lowest BCUT2D eigenvalue weighted by Crippen LogP contribution is -2.05. The van der Waals surface area contributed by atoms with E-state index < -0.39 is 9.84 Å². The Morgan fingerprint density at radius 3 is 1.20 bits per heavy atom. The molecule has 0 heterocycles. The van der Waals surface area contributed by atoms with E-state index in [9.17, 15) is 18.0 Å². The van der Waals surface area contributed by atoms with Gasteiger partial charge in [0.2, 0.25) is 9.84 Å². The Balaban J connectivity index is 0.908. The minimum Gasteiger partial charge on any atom is -0.289 e. The molecule has 5 heteroatoms. The van der Waals surface area contributed by atoms with Crippen molar-refractivity contribution < 1.29 is 18.0 Å². The largest absolute Gasteiger partial charge is 0.289 e. The summed E-state index contributed by atoms with van der Waals surface area (Å²) < 4.78 is 27.7. The number of ketones is 2. The Labute approximate surface area is 285 Å². The predicted octanol–water partition coefficient (Wildman–Crippen LogP) is 10.0. The number of carbonyl (C=O) groups is 2. The maximum absolute atomic E-state index is 13.8. The molecule has 2 fully saturated rings. The van der Waals surface area contributed by atoms with E-state index in [1.54, 1.807) is 48.5 Å². The molecule has 4 aliphatic carbocycles. The van der Waals surface area contributed by atoms with E-state index in [1.807, 2.05) is 36.4 Å². The van der Waals surface area contributed by atoms with Gasteiger partial charge in [0, 0.05) is 22.3 Å². The number of benzene rings is 6. The van der Waals surface area contributed by atoms with Gasteiger partial charge in [-0.3, -0.25) is 9.59 Å². The lowest BCUT2D eigenvalue weighted by atomic mass is 9.89. The number of hydrogen-bond donors (Lipinski definition) is 0. The zero-order valence-electron chi connectivity index (χ0n) is 27.0. The molecule has 4 nitrogen and oxygen atoms in total. The van der Waals surface area contributed by atoms with E-state index in [2.05, 4.69) is 24.3 Å². The molecule has 4 aliphatic rings. The summed E-state index contributed by atoms with van der Waals surface area (Å²) in [6.07, 6.45) is 7.38. The van der Waals surface area contributed by atoms with Crippen LogP contribution in [0, 0.1) is 0 Å². The van der Waals surface area contributed by atoms with Gasteiger partial charge >= 0.3 is 0 Å². The molecule has 4 unspecified atom stereocenters. The van der Waals surface area contributed by atoms with Crippen LogP contribution in [0.1, 0.15) is 116 Å². The molecule has 4 bridgehead atoms. The maximum atomic E-state index is 13.8. The monoisotopic (exact) mass is 658 g/mol. The SMILES string of the molecule is O=C(c1ccc2c(c1)C1CCC2C1)c1ccc2cc(S(=O)(=O)c3ccc4cc(C(=O)c5ccc6c(c5)C5CCC6C5)ccc4c3)ccc2c1. The molecule has 0 amide bonds. The normalized spacial score (nSPS) is 21.7. The van der Waals surface area contributed by atoms with Crippen LogP contribution in [0.4, 0.5) is 0 Å². The van der Waals surface area contributed by atoms with Gasteiger partial charge in [0.25, 0.3) is 0 Å². The summed E-state index contributed by atoms with van der Waals surface area (Å²) in [5.74, 6) is 2.47. The second-order valence-electron chi connectivity index (χ2n) is 14.7. The van der Waals surface area contributed by atoms with Crippen LogP contribution in [-0.2, 0) is 9.84 Å². The third kappa shape index (κ3) is 4.51. The highest BCUT2D eigenvalue weighted by molar-refractivity contribution is 7.91. The third-order valence-corrected chi connectivity index (χ3v) is 13.8. The Hall–Kier alpha value is -4.87. The zero-order valence-corrected chi connectivity index (χ0v) is 27.8. The van der Waals surface area contributed by atoms with Gasteiger partial charge in [-0.05, 0) is 155 Å². The fraction of sp³-hybridized carbons (Fsp3) is 0.227. The van der Waals surface area contributed by atoms with Crippen molar-refractivity contribution in [3.05, 3.63) is 154 Å². The second kappa shape index (κ2) is 10.6. The average Bonchev–Trinajstić information content (AvgIpc) is 3.96. The summed E-state index contributed by atoms with van der Waals surface area (Å²) in [5, 5.41) is 3.15. The van der Waals surface area contributed by atoms with E-state index in [0.29, 0.717) is 45.9 Å². The highest BCUT2D eigenvalue weighted by Crippen LogP contribution is 2.54. The minimum absolute atomic E-state index is 0.00993. The van der Waals surface area contributed by atoms with E-state index in [1.165, 1.54) is 60.8 Å². The van der Waals surface area contributed by atoms with Gasteiger partial charge in [-0.15, -0.1) is 0 Å². The van der Waals surface area contributed by atoms with Crippen LogP contribution in [0.5, 0.6) is 0 Å². The molecule has 240 valence electrons. The molecule has 49 heavy (non-hydrogen) atoms. The molecule has 0 saturated heterocycles. The first kappa shape index (κ1) is 29.1. The second-order valence-corrected chi connectivity index (χ2v) is 16.7. The average molecular weight is 659 g/mol. The van der Waals surface area contributed by atoms with Gasteiger partial charge in [0.15, 0.2) is 11.6 Å².